The molecule has 0 aliphatic heterocycles. The zero-order valence-electron chi connectivity index (χ0n) is 13.7. The number of aliphatic hydroxyl groups is 1. The van der Waals surface area contributed by atoms with Crippen LogP contribution in [0, 0.1) is 10.1 Å². The lowest BCUT2D eigenvalue weighted by atomic mass is 10.0. The monoisotopic (exact) mass is 340 g/mol. The van der Waals surface area contributed by atoms with Crippen molar-refractivity contribution in [2.24, 2.45) is 0 Å². The van der Waals surface area contributed by atoms with Gasteiger partial charge in [0.15, 0.2) is 0 Å². The number of benzene rings is 1. The minimum atomic E-state index is -1.39. The second kappa shape index (κ2) is 8.25. The van der Waals surface area contributed by atoms with Gasteiger partial charge in [-0.25, -0.2) is 4.79 Å². The van der Waals surface area contributed by atoms with Crippen LogP contribution < -0.4 is 5.32 Å². The number of nitrogens with one attached hydrogen (secondary N) is 1. The van der Waals surface area contributed by atoms with Gasteiger partial charge < -0.3 is 19.9 Å². The molecular weight excluding hydrogens is 320 g/mol. The zero-order valence-corrected chi connectivity index (χ0v) is 13.7. The molecule has 0 saturated carbocycles. The maximum Gasteiger partial charge on any atom is 0.344 e. The molecule has 1 aromatic carbocycles. The SMILES string of the molecule is CCOC(=O)C[C@@](C)(O)CNc1ccc([N+](=O)[O-])c(C(=O)OC)c1. The molecule has 0 aliphatic carbocycles. The summed E-state index contributed by atoms with van der Waals surface area (Å²) in [5.74, 6) is -1.38. The van der Waals surface area contributed by atoms with Crippen LogP contribution >= 0.6 is 0 Å². The van der Waals surface area contributed by atoms with E-state index in [4.69, 9.17) is 4.74 Å². The van der Waals surface area contributed by atoms with Gasteiger partial charge in [-0.3, -0.25) is 14.9 Å². The van der Waals surface area contributed by atoms with Crippen LogP contribution in [0.4, 0.5) is 11.4 Å². The molecule has 1 aromatic rings. The van der Waals surface area contributed by atoms with Gasteiger partial charge in [-0.2, -0.15) is 0 Å². The van der Waals surface area contributed by atoms with Crippen molar-refractivity contribution >= 4 is 23.3 Å². The van der Waals surface area contributed by atoms with E-state index in [1.165, 1.54) is 19.1 Å². The molecule has 0 aromatic heterocycles. The molecule has 1 rings (SSSR count). The van der Waals surface area contributed by atoms with E-state index in [0.29, 0.717) is 5.69 Å². The summed E-state index contributed by atoms with van der Waals surface area (Å²) in [4.78, 5) is 33.3. The highest BCUT2D eigenvalue weighted by Gasteiger charge is 2.26. The Bertz CT molecular complexity index is 628. The molecule has 0 unspecified atom stereocenters. The van der Waals surface area contributed by atoms with E-state index in [1.807, 2.05) is 0 Å². The van der Waals surface area contributed by atoms with Gasteiger partial charge in [0, 0.05) is 18.3 Å². The molecule has 9 nitrogen and oxygen atoms in total. The fourth-order valence-corrected chi connectivity index (χ4v) is 1.96. The number of ether oxygens (including phenoxy) is 2. The maximum absolute atomic E-state index is 11.6. The standard InChI is InChI=1S/C15H20N2O7/c1-4-24-13(18)8-15(2,20)9-16-10-5-6-12(17(21)22)11(7-10)14(19)23-3/h5-7,16,20H,4,8-9H2,1-3H3/t15-/m1/s1. The van der Waals surface area contributed by atoms with Crippen molar-refractivity contribution in [2.75, 3.05) is 25.6 Å². The molecule has 0 fully saturated rings. The molecule has 0 spiro atoms. The van der Waals surface area contributed by atoms with Gasteiger partial charge in [0.05, 0.1) is 30.7 Å². The highest BCUT2D eigenvalue weighted by atomic mass is 16.6. The Hall–Kier alpha value is -2.68. The highest BCUT2D eigenvalue weighted by Crippen LogP contribution is 2.24. The summed E-state index contributed by atoms with van der Waals surface area (Å²) in [7, 11) is 1.12. The van der Waals surface area contributed by atoms with Gasteiger partial charge in [0.2, 0.25) is 0 Å². The highest BCUT2D eigenvalue weighted by molar-refractivity contribution is 5.95. The van der Waals surface area contributed by atoms with Gasteiger partial charge in [-0.15, -0.1) is 0 Å². The second-order valence-electron chi connectivity index (χ2n) is 5.31. The van der Waals surface area contributed by atoms with Crippen molar-refractivity contribution in [3.8, 4) is 0 Å². The number of esters is 2. The Morgan fingerprint density at radius 1 is 1.42 bits per heavy atom. The number of hydrogen-bond donors (Lipinski definition) is 2. The molecular formula is C15H20N2O7. The average Bonchev–Trinajstić information content (AvgIpc) is 2.51. The molecule has 1 atom stereocenters. The average molecular weight is 340 g/mol. The van der Waals surface area contributed by atoms with Crippen LogP contribution in [0.1, 0.15) is 30.6 Å². The first-order chi connectivity index (χ1) is 11.2. The van der Waals surface area contributed by atoms with Crippen LogP contribution in [0.5, 0.6) is 0 Å². The quantitative estimate of drug-likeness (QED) is 0.414. The lowest BCUT2D eigenvalue weighted by Gasteiger charge is -2.23. The van der Waals surface area contributed by atoms with E-state index >= 15 is 0 Å². The third-order valence-electron chi connectivity index (χ3n) is 3.10. The molecule has 0 saturated heterocycles. The molecule has 0 aliphatic rings. The fraction of sp³-hybridized carbons (Fsp3) is 0.467. The third kappa shape index (κ3) is 5.51. The minimum Gasteiger partial charge on any atom is -0.466 e. The first-order valence-corrected chi connectivity index (χ1v) is 7.19. The van der Waals surface area contributed by atoms with Crippen LogP contribution in [-0.4, -0.2) is 47.8 Å². The van der Waals surface area contributed by atoms with Crippen LogP contribution in [0.15, 0.2) is 18.2 Å². The Labute approximate surface area is 138 Å². The molecule has 132 valence electrons. The van der Waals surface area contributed by atoms with E-state index < -0.39 is 22.5 Å². The van der Waals surface area contributed by atoms with Gasteiger partial charge in [0.1, 0.15) is 5.56 Å². The number of hydrogen-bond acceptors (Lipinski definition) is 8. The van der Waals surface area contributed by atoms with Gasteiger partial charge in [0.25, 0.3) is 5.69 Å². The van der Waals surface area contributed by atoms with Crippen LogP contribution in [-0.2, 0) is 14.3 Å². The number of rotatable bonds is 8. The van der Waals surface area contributed by atoms with Gasteiger partial charge in [-0.1, -0.05) is 0 Å². The van der Waals surface area contributed by atoms with Crippen molar-refractivity contribution in [1.29, 1.82) is 0 Å². The summed E-state index contributed by atoms with van der Waals surface area (Å²) in [5.41, 5.74) is -1.62. The number of methoxy groups -OCH3 is 1. The van der Waals surface area contributed by atoms with Crippen molar-refractivity contribution in [2.45, 2.75) is 25.9 Å². The van der Waals surface area contributed by atoms with Gasteiger partial charge >= 0.3 is 11.9 Å². The summed E-state index contributed by atoms with van der Waals surface area (Å²) in [6, 6.07) is 3.81. The summed E-state index contributed by atoms with van der Waals surface area (Å²) in [6.45, 7) is 3.30. The Morgan fingerprint density at radius 2 is 2.08 bits per heavy atom. The Balaban J connectivity index is 2.86. The summed E-state index contributed by atoms with van der Waals surface area (Å²) in [5, 5.41) is 23.9. The van der Waals surface area contributed by atoms with Crippen LogP contribution in [0.2, 0.25) is 0 Å². The zero-order chi connectivity index (χ0) is 18.3. The molecule has 0 bridgehead atoms. The van der Waals surface area contributed by atoms with Crippen molar-refractivity contribution in [1.82, 2.24) is 0 Å². The first kappa shape index (κ1) is 19.4. The van der Waals surface area contributed by atoms with Crippen molar-refractivity contribution < 1.29 is 29.1 Å². The summed E-state index contributed by atoms with van der Waals surface area (Å²) in [6.07, 6.45) is -0.218. The van der Waals surface area contributed by atoms with E-state index in [2.05, 4.69) is 10.1 Å². The predicted molar refractivity (Wildman–Crippen MR) is 84.8 cm³/mol. The molecule has 0 amide bonds. The predicted octanol–water partition coefficient (Wildman–Crippen LogP) is 1.50. The molecule has 2 N–H and O–H groups in total. The smallest absolute Gasteiger partial charge is 0.344 e. The maximum atomic E-state index is 11.6. The van der Waals surface area contributed by atoms with E-state index in [9.17, 15) is 24.8 Å². The normalized spacial score (nSPS) is 12.8. The Morgan fingerprint density at radius 3 is 2.62 bits per heavy atom. The topological polar surface area (TPSA) is 128 Å². The lowest BCUT2D eigenvalue weighted by molar-refractivity contribution is -0.385. The first-order valence-electron chi connectivity index (χ1n) is 7.19. The second-order valence-corrected chi connectivity index (χ2v) is 5.31. The van der Waals surface area contributed by atoms with Crippen LogP contribution in [0.3, 0.4) is 0 Å². The van der Waals surface area contributed by atoms with E-state index in [0.717, 1.165) is 13.2 Å². The lowest BCUT2D eigenvalue weighted by Crippen LogP contribution is -2.36. The molecule has 0 heterocycles. The number of nitro groups is 1. The minimum absolute atomic E-state index is 0.0236. The van der Waals surface area contributed by atoms with E-state index in [1.54, 1.807) is 6.92 Å². The number of nitro benzene ring substituents is 1. The largest absolute Gasteiger partial charge is 0.466 e. The van der Waals surface area contributed by atoms with E-state index in [-0.39, 0.29) is 30.8 Å². The van der Waals surface area contributed by atoms with Crippen molar-refractivity contribution in [3.63, 3.8) is 0 Å². The Kier molecular flexibility index (Phi) is 6.66. The van der Waals surface area contributed by atoms with Crippen molar-refractivity contribution in [3.05, 3.63) is 33.9 Å². The van der Waals surface area contributed by atoms with Gasteiger partial charge in [-0.05, 0) is 26.0 Å². The molecule has 0 radical (unpaired) electrons. The fourth-order valence-electron chi connectivity index (χ4n) is 1.96. The van der Waals surface area contributed by atoms with Crippen LogP contribution in [0.25, 0.3) is 0 Å². The summed E-state index contributed by atoms with van der Waals surface area (Å²) < 4.78 is 9.30. The number of carbonyl (C=O) groups excluding carboxylic acids is 2. The number of nitrogens with zero attached hydrogens (tertiary/aromatic N) is 1. The number of carbonyl (C=O) groups is 2. The third-order valence-corrected chi connectivity index (χ3v) is 3.10. The summed E-state index contributed by atoms with van der Waals surface area (Å²) >= 11 is 0. The number of anilines is 1. The molecule has 24 heavy (non-hydrogen) atoms. The molecule has 9 heteroatoms.